The van der Waals surface area contributed by atoms with Crippen molar-refractivity contribution in [2.45, 2.75) is 17.0 Å². The lowest BCUT2D eigenvalue weighted by Gasteiger charge is -2.06. The predicted molar refractivity (Wildman–Crippen MR) is 67.3 cm³/mol. The summed E-state index contributed by atoms with van der Waals surface area (Å²) in [5.41, 5.74) is 6.39. The normalized spacial score (nSPS) is 10.5. The van der Waals surface area contributed by atoms with Gasteiger partial charge in [-0.3, -0.25) is 0 Å². The minimum atomic E-state index is 0.631. The number of anilines is 1. The van der Waals surface area contributed by atoms with E-state index in [1.165, 1.54) is 11.8 Å². The van der Waals surface area contributed by atoms with E-state index in [9.17, 15) is 0 Å². The van der Waals surface area contributed by atoms with Gasteiger partial charge in [-0.2, -0.15) is 0 Å². The van der Waals surface area contributed by atoms with Gasteiger partial charge in [0.15, 0.2) is 5.16 Å². The van der Waals surface area contributed by atoms with Crippen LogP contribution in [0, 0.1) is 6.92 Å². The van der Waals surface area contributed by atoms with E-state index < -0.39 is 0 Å². The van der Waals surface area contributed by atoms with Crippen LogP contribution in [0.4, 0.5) is 5.69 Å². The van der Waals surface area contributed by atoms with Gasteiger partial charge in [0.05, 0.1) is 12.8 Å². The first-order chi connectivity index (χ1) is 8.11. The number of nitrogen functional groups attached to an aromatic ring is 1. The number of hydrogen-bond donors (Lipinski definition) is 1. The summed E-state index contributed by atoms with van der Waals surface area (Å²) in [6.45, 7) is 1.92. The van der Waals surface area contributed by atoms with Crippen LogP contribution in [0.3, 0.4) is 0 Å². The topological polar surface area (TPSA) is 66.0 Å². The Morgan fingerprint density at radius 2 is 2.12 bits per heavy atom. The highest BCUT2D eigenvalue weighted by molar-refractivity contribution is 7.99. The molecule has 6 heteroatoms. The van der Waals surface area contributed by atoms with E-state index in [0.717, 1.165) is 15.9 Å². The molecule has 5 nitrogen and oxygen atoms in total. The summed E-state index contributed by atoms with van der Waals surface area (Å²) in [7, 11) is 3.54. The van der Waals surface area contributed by atoms with Gasteiger partial charge in [-0.15, -0.1) is 10.2 Å². The summed E-state index contributed by atoms with van der Waals surface area (Å²) in [5, 5.41) is 8.94. The Hall–Kier alpha value is -1.69. The van der Waals surface area contributed by atoms with E-state index in [1.54, 1.807) is 7.11 Å². The summed E-state index contributed by atoms with van der Waals surface area (Å²) < 4.78 is 7.12. The van der Waals surface area contributed by atoms with Gasteiger partial charge in [-0.25, -0.2) is 0 Å². The summed E-state index contributed by atoms with van der Waals surface area (Å²) in [4.78, 5) is 1.02. The van der Waals surface area contributed by atoms with Gasteiger partial charge < -0.3 is 15.0 Å². The van der Waals surface area contributed by atoms with Crippen molar-refractivity contribution in [1.29, 1.82) is 0 Å². The number of ether oxygens (including phenoxy) is 1. The molecular weight excluding hydrogens is 236 g/mol. The van der Waals surface area contributed by atoms with Crippen molar-refractivity contribution < 1.29 is 4.74 Å². The Labute approximate surface area is 104 Å². The molecule has 1 heterocycles. The third-order valence-electron chi connectivity index (χ3n) is 2.47. The molecule has 0 amide bonds. The monoisotopic (exact) mass is 250 g/mol. The molecule has 0 aliphatic rings. The van der Waals surface area contributed by atoms with Crippen molar-refractivity contribution >= 4 is 17.4 Å². The molecule has 2 rings (SSSR count). The number of benzene rings is 1. The van der Waals surface area contributed by atoms with E-state index in [2.05, 4.69) is 10.2 Å². The summed E-state index contributed by atoms with van der Waals surface area (Å²) in [6, 6.07) is 5.65. The second-order valence-electron chi connectivity index (χ2n) is 3.59. The lowest BCUT2D eigenvalue weighted by molar-refractivity contribution is 0.416. The highest BCUT2D eigenvalue weighted by Gasteiger charge is 2.08. The van der Waals surface area contributed by atoms with Crippen molar-refractivity contribution in [3.8, 4) is 5.75 Å². The zero-order chi connectivity index (χ0) is 12.4. The molecule has 17 heavy (non-hydrogen) atoms. The van der Waals surface area contributed by atoms with Crippen LogP contribution in [-0.2, 0) is 7.05 Å². The molecular formula is C11H14N4OS. The number of hydrogen-bond acceptors (Lipinski definition) is 5. The highest BCUT2D eigenvalue weighted by Crippen LogP contribution is 2.31. The Morgan fingerprint density at radius 3 is 2.71 bits per heavy atom. The molecule has 0 spiro atoms. The van der Waals surface area contributed by atoms with Crippen molar-refractivity contribution in [3.05, 3.63) is 24.0 Å². The number of nitrogens with zero attached hydrogens (tertiary/aromatic N) is 3. The molecule has 1 aromatic carbocycles. The van der Waals surface area contributed by atoms with Gasteiger partial charge in [-0.1, -0.05) is 0 Å². The molecule has 0 unspecified atom stereocenters. The molecule has 0 aliphatic heterocycles. The molecule has 0 bridgehead atoms. The third kappa shape index (κ3) is 2.36. The third-order valence-corrected chi connectivity index (χ3v) is 3.49. The van der Waals surface area contributed by atoms with Crippen molar-refractivity contribution in [2.24, 2.45) is 7.05 Å². The summed E-state index contributed by atoms with van der Waals surface area (Å²) in [5.74, 6) is 1.56. The van der Waals surface area contributed by atoms with Crippen LogP contribution in [0.2, 0.25) is 0 Å². The van der Waals surface area contributed by atoms with Crippen LogP contribution in [0.25, 0.3) is 0 Å². The van der Waals surface area contributed by atoms with E-state index in [-0.39, 0.29) is 0 Å². The van der Waals surface area contributed by atoms with Crippen LogP contribution < -0.4 is 10.5 Å². The van der Waals surface area contributed by atoms with E-state index in [0.29, 0.717) is 11.4 Å². The maximum absolute atomic E-state index is 5.76. The first-order valence-corrected chi connectivity index (χ1v) is 5.91. The Morgan fingerprint density at radius 1 is 1.35 bits per heavy atom. The SMILES string of the molecule is COc1cc(Sc2nnc(C)n2C)ccc1N. The zero-order valence-electron chi connectivity index (χ0n) is 9.97. The van der Waals surface area contributed by atoms with Crippen molar-refractivity contribution in [2.75, 3.05) is 12.8 Å². The molecule has 0 fully saturated rings. The second-order valence-corrected chi connectivity index (χ2v) is 4.64. The van der Waals surface area contributed by atoms with Gasteiger partial charge >= 0.3 is 0 Å². The van der Waals surface area contributed by atoms with Crippen LogP contribution >= 0.6 is 11.8 Å². The van der Waals surface area contributed by atoms with Crippen LogP contribution in [-0.4, -0.2) is 21.9 Å². The zero-order valence-corrected chi connectivity index (χ0v) is 10.8. The standard InChI is InChI=1S/C11H14N4OS/c1-7-13-14-11(15(7)2)17-8-4-5-9(12)10(6-8)16-3/h4-6H,12H2,1-3H3. The molecule has 2 aromatic rings. The van der Waals surface area contributed by atoms with Crippen molar-refractivity contribution in [1.82, 2.24) is 14.8 Å². The van der Waals surface area contributed by atoms with Crippen LogP contribution in [0.15, 0.2) is 28.3 Å². The van der Waals surface area contributed by atoms with Gasteiger partial charge in [0, 0.05) is 11.9 Å². The lowest BCUT2D eigenvalue weighted by atomic mass is 10.3. The maximum Gasteiger partial charge on any atom is 0.195 e. The fourth-order valence-corrected chi connectivity index (χ4v) is 2.20. The fraction of sp³-hybridized carbons (Fsp3) is 0.273. The number of aromatic nitrogens is 3. The molecule has 0 atom stereocenters. The lowest BCUT2D eigenvalue weighted by Crippen LogP contribution is -1.94. The molecule has 0 saturated heterocycles. The second kappa shape index (κ2) is 4.67. The predicted octanol–water partition coefficient (Wildman–Crippen LogP) is 1.87. The number of rotatable bonds is 3. The van der Waals surface area contributed by atoms with Gasteiger partial charge in [0.25, 0.3) is 0 Å². The Balaban J connectivity index is 2.27. The number of nitrogens with two attached hydrogens (primary N) is 1. The minimum Gasteiger partial charge on any atom is -0.495 e. The van der Waals surface area contributed by atoms with Crippen molar-refractivity contribution in [3.63, 3.8) is 0 Å². The number of methoxy groups -OCH3 is 1. The molecule has 90 valence electrons. The van der Waals surface area contributed by atoms with E-state index >= 15 is 0 Å². The quantitative estimate of drug-likeness (QED) is 0.842. The molecule has 1 aromatic heterocycles. The van der Waals surface area contributed by atoms with E-state index in [4.69, 9.17) is 10.5 Å². The molecule has 0 saturated carbocycles. The number of aryl methyl sites for hydroxylation is 1. The van der Waals surface area contributed by atoms with Gasteiger partial charge in [-0.05, 0) is 36.9 Å². The Kier molecular flexibility index (Phi) is 3.23. The smallest absolute Gasteiger partial charge is 0.195 e. The average Bonchev–Trinajstić information content (AvgIpc) is 2.63. The van der Waals surface area contributed by atoms with Gasteiger partial charge in [0.2, 0.25) is 0 Å². The first kappa shape index (κ1) is 11.8. The molecule has 2 N–H and O–H groups in total. The highest BCUT2D eigenvalue weighted by atomic mass is 32.2. The Bertz CT molecular complexity index is 538. The maximum atomic E-state index is 5.76. The summed E-state index contributed by atoms with van der Waals surface area (Å²) >= 11 is 1.53. The summed E-state index contributed by atoms with van der Waals surface area (Å²) in [6.07, 6.45) is 0. The van der Waals surface area contributed by atoms with Crippen LogP contribution in [0.5, 0.6) is 5.75 Å². The first-order valence-electron chi connectivity index (χ1n) is 5.09. The fourth-order valence-electron chi connectivity index (χ4n) is 1.34. The van der Waals surface area contributed by atoms with Crippen LogP contribution in [0.1, 0.15) is 5.82 Å². The van der Waals surface area contributed by atoms with E-state index in [1.807, 2.05) is 36.7 Å². The van der Waals surface area contributed by atoms with Gasteiger partial charge in [0.1, 0.15) is 11.6 Å². The molecule has 0 aliphatic carbocycles. The largest absolute Gasteiger partial charge is 0.495 e. The average molecular weight is 250 g/mol. The molecule has 0 radical (unpaired) electrons. The minimum absolute atomic E-state index is 0.631.